The number of nitrogens with one attached hydrogen (secondary N) is 2. The molecule has 0 unspecified atom stereocenters. The number of rotatable bonds is 6. The molecule has 2 atom stereocenters. The van der Waals surface area contributed by atoms with Crippen molar-refractivity contribution in [1.29, 1.82) is 0 Å². The Morgan fingerprint density at radius 2 is 1.83 bits per heavy atom. The van der Waals surface area contributed by atoms with Crippen LogP contribution in [-0.4, -0.2) is 48.7 Å². The van der Waals surface area contributed by atoms with Crippen LogP contribution >= 0.6 is 0 Å². The van der Waals surface area contributed by atoms with Crippen LogP contribution in [0.15, 0.2) is 53.7 Å². The summed E-state index contributed by atoms with van der Waals surface area (Å²) in [5.74, 6) is -1.87. The van der Waals surface area contributed by atoms with Gasteiger partial charge in [-0.2, -0.15) is 4.31 Å². The molecule has 0 saturated carbocycles. The average Bonchev–Trinajstić information content (AvgIpc) is 2.74. The average molecular weight is 434 g/mol. The normalized spacial score (nSPS) is 18.4. The van der Waals surface area contributed by atoms with E-state index < -0.39 is 27.8 Å². The molecule has 0 radical (unpaired) electrons. The maximum atomic E-state index is 13.1. The van der Waals surface area contributed by atoms with E-state index >= 15 is 0 Å². The maximum Gasteiger partial charge on any atom is 0.246 e. The van der Waals surface area contributed by atoms with Gasteiger partial charge < -0.3 is 10.6 Å². The Hall–Kier alpha value is -2.85. The third kappa shape index (κ3) is 5.19. The third-order valence-electron chi connectivity index (χ3n) is 4.91. The fraction of sp³-hybridized carbons (Fsp3) is 0.350. The molecular formula is C20H23FN4O4S. The van der Waals surface area contributed by atoms with Gasteiger partial charge in [0.25, 0.3) is 0 Å². The van der Waals surface area contributed by atoms with Crippen LogP contribution in [-0.2, 0) is 19.6 Å². The highest BCUT2D eigenvalue weighted by atomic mass is 32.2. The van der Waals surface area contributed by atoms with Crippen LogP contribution in [0, 0.1) is 11.7 Å². The Balaban J connectivity index is 1.61. The van der Waals surface area contributed by atoms with Crippen molar-refractivity contribution >= 4 is 27.5 Å². The van der Waals surface area contributed by atoms with Crippen LogP contribution in [0.2, 0.25) is 0 Å². The van der Waals surface area contributed by atoms with Crippen LogP contribution < -0.4 is 10.6 Å². The second-order valence-corrected chi connectivity index (χ2v) is 9.05. The molecule has 2 amide bonds. The molecule has 0 spiro atoms. The Morgan fingerprint density at radius 1 is 1.17 bits per heavy atom. The molecule has 1 aromatic carbocycles. The van der Waals surface area contributed by atoms with Crippen molar-refractivity contribution in [2.75, 3.05) is 18.4 Å². The lowest BCUT2D eigenvalue weighted by molar-refractivity contribution is -0.129. The van der Waals surface area contributed by atoms with Crippen molar-refractivity contribution in [2.45, 2.75) is 30.7 Å². The number of amides is 2. The van der Waals surface area contributed by atoms with Gasteiger partial charge >= 0.3 is 0 Å². The number of sulfonamides is 1. The highest BCUT2D eigenvalue weighted by Gasteiger charge is 2.34. The number of carbonyl (C=O) groups is 2. The van der Waals surface area contributed by atoms with Gasteiger partial charge in [-0.05, 0) is 56.2 Å². The Kier molecular flexibility index (Phi) is 6.78. The quantitative estimate of drug-likeness (QED) is 0.720. The Morgan fingerprint density at radius 3 is 2.50 bits per heavy atom. The Labute approximate surface area is 174 Å². The highest BCUT2D eigenvalue weighted by molar-refractivity contribution is 7.89. The van der Waals surface area contributed by atoms with Gasteiger partial charge in [0, 0.05) is 31.2 Å². The molecule has 2 N–H and O–H groups in total. The first kappa shape index (κ1) is 21.8. The topological polar surface area (TPSA) is 108 Å². The van der Waals surface area contributed by atoms with Crippen molar-refractivity contribution < 1.29 is 22.4 Å². The molecule has 160 valence electrons. The van der Waals surface area contributed by atoms with Crippen LogP contribution in [0.25, 0.3) is 0 Å². The molecule has 0 aliphatic carbocycles. The molecular weight excluding hydrogens is 411 g/mol. The van der Waals surface area contributed by atoms with E-state index in [1.807, 2.05) is 0 Å². The molecule has 10 heteroatoms. The summed E-state index contributed by atoms with van der Waals surface area (Å²) in [5.41, 5.74) is 0.560. The summed E-state index contributed by atoms with van der Waals surface area (Å²) < 4.78 is 39.9. The number of nitrogens with zero attached hydrogens (tertiary/aromatic N) is 2. The van der Waals surface area contributed by atoms with Gasteiger partial charge in [0.15, 0.2) is 0 Å². The van der Waals surface area contributed by atoms with Crippen LogP contribution in [0.4, 0.5) is 10.1 Å². The van der Waals surface area contributed by atoms with E-state index in [2.05, 4.69) is 15.6 Å². The van der Waals surface area contributed by atoms with Gasteiger partial charge in [-0.3, -0.25) is 14.6 Å². The first-order valence-electron chi connectivity index (χ1n) is 9.54. The number of carbonyl (C=O) groups excluding carboxylic acids is 2. The molecule has 3 rings (SSSR count). The van der Waals surface area contributed by atoms with E-state index in [0.717, 1.165) is 12.1 Å². The number of anilines is 1. The second-order valence-electron chi connectivity index (χ2n) is 7.11. The molecule has 1 aliphatic heterocycles. The number of hydrogen-bond donors (Lipinski definition) is 2. The van der Waals surface area contributed by atoms with Gasteiger partial charge in [0.1, 0.15) is 11.9 Å². The molecule has 1 fully saturated rings. The fourth-order valence-corrected chi connectivity index (χ4v) is 4.74. The van der Waals surface area contributed by atoms with Crippen LogP contribution in [0.5, 0.6) is 0 Å². The minimum atomic E-state index is -3.83. The van der Waals surface area contributed by atoms with Crippen LogP contribution in [0.1, 0.15) is 19.8 Å². The minimum absolute atomic E-state index is 0.00420. The SMILES string of the molecule is C[C@H](NC(=O)[C@H]1CCCN(S(=O)(=O)c2ccc(F)cc2)C1)C(=O)Nc1ccncc1. The second kappa shape index (κ2) is 9.31. The first-order chi connectivity index (χ1) is 14.3. The van der Waals surface area contributed by atoms with Gasteiger partial charge in [-0.15, -0.1) is 0 Å². The predicted octanol–water partition coefficient (Wildman–Crippen LogP) is 1.76. The number of pyridine rings is 1. The molecule has 2 heterocycles. The smallest absolute Gasteiger partial charge is 0.246 e. The molecule has 2 aromatic rings. The number of benzene rings is 1. The molecule has 1 aliphatic rings. The summed E-state index contributed by atoms with van der Waals surface area (Å²) in [7, 11) is -3.83. The lowest BCUT2D eigenvalue weighted by Crippen LogP contribution is -2.49. The summed E-state index contributed by atoms with van der Waals surface area (Å²) in [6.45, 7) is 1.84. The van der Waals surface area contributed by atoms with E-state index in [1.54, 1.807) is 19.1 Å². The summed E-state index contributed by atoms with van der Waals surface area (Å²) in [4.78, 5) is 28.8. The van der Waals surface area contributed by atoms with Crippen molar-refractivity contribution in [2.24, 2.45) is 5.92 Å². The van der Waals surface area contributed by atoms with Crippen molar-refractivity contribution in [3.63, 3.8) is 0 Å². The van der Waals surface area contributed by atoms with Crippen LogP contribution in [0.3, 0.4) is 0 Å². The van der Waals surface area contributed by atoms with E-state index in [1.165, 1.54) is 28.8 Å². The summed E-state index contributed by atoms with van der Waals surface area (Å²) in [6.07, 6.45) is 4.10. The van der Waals surface area contributed by atoms with E-state index in [0.29, 0.717) is 18.5 Å². The summed E-state index contributed by atoms with van der Waals surface area (Å²) in [6, 6.07) is 7.06. The van der Waals surface area contributed by atoms with E-state index in [9.17, 15) is 22.4 Å². The number of aromatic nitrogens is 1. The van der Waals surface area contributed by atoms with Gasteiger partial charge in [-0.1, -0.05) is 0 Å². The third-order valence-corrected chi connectivity index (χ3v) is 6.79. The minimum Gasteiger partial charge on any atom is -0.344 e. The lowest BCUT2D eigenvalue weighted by atomic mass is 9.98. The molecule has 1 saturated heterocycles. The largest absolute Gasteiger partial charge is 0.344 e. The van der Waals surface area contributed by atoms with Gasteiger partial charge in [-0.25, -0.2) is 12.8 Å². The maximum absolute atomic E-state index is 13.1. The first-order valence-corrected chi connectivity index (χ1v) is 11.0. The molecule has 30 heavy (non-hydrogen) atoms. The number of piperidine rings is 1. The van der Waals surface area contributed by atoms with E-state index in [4.69, 9.17) is 0 Å². The lowest BCUT2D eigenvalue weighted by Gasteiger charge is -2.31. The zero-order valence-electron chi connectivity index (χ0n) is 16.4. The number of halogens is 1. The summed E-state index contributed by atoms with van der Waals surface area (Å²) >= 11 is 0. The standard InChI is InChI=1S/C20H23FN4O4S/c1-14(19(26)24-17-8-10-22-11-9-17)23-20(27)15-3-2-12-25(13-15)30(28,29)18-6-4-16(21)5-7-18/h4-11,14-15H,2-3,12-13H2,1H3,(H,23,27)(H,22,24,26)/t14-,15-/m0/s1. The molecule has 1 aromatic heterocycles. The number of hydrogen-bond acceptors (Lipinski definition) is 5. The van der Waals surface area contributed by atoms with E-state index in [-0.39, 0.29) is 29.8 Å². The monoisotopic (exact) mass is 434 g/mol. The molecule has 8 nitrogen and oxygen atoms in total. The zero-order valence-corrected chi connectivity index (χ0v) is 17.2. The van der Waals surface area contributed by atoms with Crippen molar-refractivity contribution in [1.82, 2.24) is 14.6 Å². The molecule has 0 bridgehead atoms. The van der Waals surface area contributed by atoms with Crippen molar-refractivity contribution in [3.05, 3.63) is 54.6 Å². The van der Waals surface area contributed by atoms with Gasteiger partial charge in [0.2, 0.25) is 21.8 Å². The fourth-order valence-electron chi connectivity index (χ4n) is 3.21. The summed E-state index contributed by atoms with van der Waals surface area (Å²) in [5, 5.41) is 5.33. The van der Waals surface area contributed by atoms with Crippen molar-refractivity contribution in [3.8, 4) is 0 Å². The highest BCUT2D eigenvalue weighted by Crippen LogP contribution is 2.24. The van der Waals surface area contributed by atoms with Gasteiger partial charge in [0.05, 0.1) is 10.8 Å². The predicted molar refractivity (Wildman–Crippen MR) is 108 cm³/mol. The Bertz CT molecular complexity index is 999. The zero-order chi connectivity index (χ0) is 21.7.